The Labute approximate surface area is 104 Å². The molecule has 0 aromatic carbocycles. The molecule has 0 fully saturated rings. The smallest absolute Gasteiger partial charge is 0.213 e. The molecule has 0 aliphatic rings. The van der Waals surface area contributed by atoms with Gasteiger partial charge in [-0.15, -0.1) is 5.10 Å². The summed E-state index contributed by atoms with van der Waals surface area (Å²) in [5, 5.41) is 8.56. The van der Waals surface area contributed by atoms with Crippen molar-refractivity contribution in [3.05, 3.63) is 22.0 Å². The number of aromatic nitrogens is 5. The van der Waals surface area contributed by atoms with Gasteiger partial charge in [0, 0.05) is 18.8 Å². The molecule has 3 aromatic heterocycles. The van der Waals surface area contributed by atoms with Crippen molar-refractivity contribution in [2.45, 2.75) is 6.92 Å². The molecule has 7 heteroatoms. The van der Waals surface area contributed by atoms with E-state index in [0.717, 1.165) is 25.8 Å². The third-order valence-corrected chi connectivity index (χ3v) is 3.66. The summed E-state index contributed by atoms with van der Waals surface area (Å²) in [4.78, 5) is 5.39. The Morgan fingerprint density at radius 3 is 2.75 bits per heavy atom. The predicted octanol–water partition coefficient (Wildman–Crippen LogP) is 2.26. The number of imidazole rings is 1. The van der Waals surface area contributed by atoms with E-state index in [0.29, 0.717) is 0 Å². The third-order valence-electron chi connectivity index (χ3n) is 2.31. The molecule has 0 bridgehead atoms. The van der Waals surface area contributed by atoms with Crippen LogP contribution >= 0.6 is 27.3 Å². The zero-order valence-corrected chi connectivity index (χ0v) is 11.1. The first-order valence-corrected chi connectivity index (χ1v) is 6.27. The lowest BCUT2D eigenvalue weighted by Crippen LogP contribution is -1.86. The highest BCUT2D eigenvalue weighted by molar-refractivity contribution is 9.11. The molecule has 0 aliphatic carbocycles. The van der Waals surface area contributed by atoms with Gasteiger partial charge in [-0.05, 0) is 22.9 Å². The fraction of sp³-hybridized carbons (Fsp3) is 0.222. The fourth-order valence-corrected chi connectivity index (χ4v) is 2.87. The van der Waals surface area contributed by atoms with Gasteiger partial charge in [0.25, 0.3) is 0 Å². The minimum absolute atomic E-state index is 0.837. The second-order valence-electron chi connectivity index (χ2n) is 3.51. The SMILES string of the molecule is Cc1nn(C)cc1-c1cn2nc(Br)sc2n1. The quantitative estimate of drug-likeness (QED) is 0.692. The van der Waals surface area contributed by atoms with Gasteiger partial charge in [0.1, 0.15) is 0 Å². The molecule has 82 valence electrons. The molecule has 0 aliphatic heterocycles. The summed E-state index contributed by atoms with van der Waals surface area (Å²) in [5.74, 6) is 0. The monoisotopic (exact) mass is 297 g/mol. The minimum Gasteiger partial charge on any atom is -0.275 e. The van der Waals surface area contributed by atoms with Crippen LogP contribution in [0.25, 0.3) is 16.2 Å². The molecule has 16 heavy (non-hydrogen) atoms. The average molecular weight is 298 g/mol. The van der Waals surface area contributed by atoms with Crippen molar-refractivity contribution in [2.75, 3.05) is 0 Å². The second-order valence-corrected chi connectivity index (χ2v) is 5.74. The molecule has 0 spiro atoms. The first-order chi connectivity index (χ1) is 7.63. The molecular weight excluding hydrogens is 290 g/mol. The van der Waals surface area contributed by atoms with Crippen LogP contribution in [0.15, 0.2) is 16.3 Å². The number of aryl methyl sites for hydroxylation is 2. The van der Waals surface area contributed by atoms with Gasteiger partial charge >= 0.3 is 0 Å². The van der Waals surface area contributed by atoms with Gasteiger partial charge < -0.3 is 0 Å². The highest BCUT2D eigenvalue weighted by Crippen LogP contribution is 2.25. The summed E-state index contributed by atoms with van der Waals surface area (Å²) in [7, 11) is 1.91. The Morgan fingerprint density at radius 1 is 1.31 bits per heavy atom. The molecule has 0 amide bonds. The van der Waals surface area contributed by atoms with Gasteiger partial charge in [-0.1, -0.05) is 11.3 Å². The predicted molar refractivity (Wildman–Crippen MR) is 65.5 cm³/mol. The molecule has 0 radical (unpaired) electrons. The minimum atomic E-state index is 0.837. The topological polar surface area (TPSA) is 48.0 Å². The molecule has 0 unspecified atom stereocenters. The molecule has 3 aromatic rings. The summed E-state index contributed by atoms with van der Waals surface area (Å²) in [6.45, 7) is 1.98. The number of rotatable bonds is 1. The summed E-state index contributed by atoms with van der Waals surface area (Å²) in [6, 6.07) is 0. The number of nitrogens with zero attached hydrogens (tertiary/aromatic N) is 5. The molecule has 5 nitrogen and oxygen atoms in total. The molecule has 0 N–H and O–H groups in total. The van der Waals surface area contributed by atoms with Crippen LogP contribution in [0.4, 0.5) is 0 Å². The van der Waals surface area contributed by atoms with Gasteiger partial charge in [-0.25, -0.2) is 9.50 Å². The lowest BCUT2D eigenvalue weighted by atomic mass is 10.2. The number of fused-ring (bicyclic) bond motifs is 1. The Kier molecular flexibility index (Phi) is 2.11. The number of hydrogen-bond donors (Lipinski definition) is 0. The molecule has 0 saturated carbocycles. The van der Waals surface area contributed by atoms with E-state index in [1.165, 1.54) is 11.3 Å². The normalized spacial score (nSPS) is 11.4. The van der Waals surface area contributed by atoms with Crippen molar-refractivity contribution in [3.8, 4) is 11.3 Å². The summed E-state index contributed by atoms with van der Waals surface area (Å²) >= 11 is 4.84. The van der Waals surface area contributed by atoms with Crippen molar-refractivity contribution in [2.24, 2.45) is 7.05 Å². The van der Waals surface area contributed by atoms with Crippen molar-refractivity contribution < 1.29 is 0 Å². The molecule has 0 saturated heterocycles. The zero-order chi connectivity index (χ0) is 11.3. The maximum Gasteiger partial charge on any atom is 0.213 e. The lowest BCUT2D eigenvalue weighted by Gasteiger charge is -1.89. The number of halogens is 1. The van der Waals surface area contributed by atoms with Crippen LogP contribution < -0.4 is 0 Å². The Balaban J connectivity index is 2.18. The van der Waals surface area contributed by atoms with Crippen LogP contribution in [0.2, 0.25) is 0 Å². The largest absolute Gasteiger partial charge is 0.275 e. The Hall–Kier alpha value is -1.21. The third kappa shape index (κ3) is 1.47. The van der Waals surface area contributed by atoms with Crippen LogP contribution in [0.1, 0.15) is 5.69 Å². The summed E-state index contributed by atoms with van der Waals surface area (Å²) < 4.78 is 4.40. The van der Waals surface area contributed by atoms with E-state index < -0.39 is 0 Å². The van der Waals surface area contributed by atoms with E-state index in [-0.39, 0.29) is 0 Å². The van der Waals surface area contributed by atoms with Crippen molar-refractivity contribution in [1.82, 2.24) is 24.4 Å². The second kappa shape index (κ2) is 3.39. The van der Waals surface area contributed by atoms with Crippen LogP contribution in [0, 0.1) is 6.92 Å². The fourth-order valence-electron chi connectivity index (χ4n) is 1.66. The number of hydrogen-bond acceptors (Lipinski definition) is 4. The van der Waals surface area contributed by atoms with E-state index in [2.05, 4.69) is 31.1 Å². The molecule has 3 rings (SSSR count). The van der Waals surface area contributed by atoms with E-state index in [4.69, 9.17) is 0 Å². The average Bonchev–Trinajstić information content (AvgIpc) is 2.78. The van der Waals surface area contributed by atoms with Crippen LogP contribution in [-0.2, 0) is 7.05 Å². The van der Waals surface area contributed by atoms with Crippen molar-refractivity contribution in [3.63, 3.8) is 0 Å². The maximum absolute atomic E-state index is 4.51. The highest BCUT2D eigenvalue weighted by Gasteiger charge is 2.12. The first kappa shape index (κ1) is 9.98. The van der Waals surface area contributed by atoms with E-state index in [1.54, 1.807) is 9.20 Å². The van der Waals surface area contributed by atoms with Crippen molar-refractivity contribution in [1.29, 1.82) is 0 Å². The van der Waals surface area contributed by atoms with E-state index >= 15 is 0 Å². The van der Waals surface area contributed by atoms with E-state index in [1.807, 2.05) is 26.4 Å². The maximum atomic E-state index is 4.51. The molecular formula is C9H8BrN5S. The van der Waals surface area contributed by atoms with Crippen LogP contribution in [0.5, 0.6) is 0 Å². The Morgan fingerprint density at radius 2 is 2.12 bits per heavy atom. The molecule has 3 heterocycles. The Bertz CT molecular complexity index is 633. The van der Waals surface area contributed by atoms with Gasteiger partial charge in [-0.2, -0.15) is 5.10 Å². The highest BCUT2D eigenvalue weighted by atomic mass is 79.9. The lowest BCUT2D eigenvalue weighted by molar-refractivity contribution is 0.756. The zero-order valence-electron chi connectivity index (χ0n) is 8.68. The van der Waals surface area contributed by atoms with Crippen LogP contribution in [-0.4, -0.2) is 24.4 Å². The van der Waals surface area contributed by atoms with Crippen LogP contribution in [0.3, 0.4) is 0 Å². The van der Waals surface area contributed by atoms with Crippen molar-refractivity contribution >= 4 is 32.2 Å². The van der Waals surface area contributed by atoms with E-state index in [9.17, 15) is 0 Å². The summed E-state index contributed by atoms with van der Waals surface area (Å²) in [5.41, 5.74) is 2.94. The van der Waals surface area contributed by atoms with Gasteiger partial charge in [0.15, 0.2) is 3.92 Å². The van der Waals surface area contributed by atoms with Gasteiger partial charge in [0.05, 0.1) is 17.6 Å². The van der Waals surface area contributed by atoms with Gasteiger partial charge in [-0.3, -0.25) is 4.68 Å². The molecule has 0 atom stereocenters. The van der Waals surface area contributed by atoms with Gasteiger partial charge in [0.2, 0.25) is 4.96 Å². The standard InChI is InChI=1S/C9H8BrN5S/c1-5-6(3-14(2)12-5)7-4-15-9(11-7)16-8(10)13-15/h3-4H,1-2H3. The summed E-state index contributed by atoms with van der Waals surface area (Å²) in [6.07, 6.45) is 3.89. The first-order valence-electron chi connectivity index (χ1n) is 4.66.